The third-order valence-corrected chi connectivity index (χ3v) is 2.47. The van der Waals surface area contributed by atoms with E-state index in [0.717, 1.165) is 4.47 Å². The van der Waals surface area contributed by atoms with Crippen molar-refractivity contribution >= 4 is 27.5 Å². The summed E-state index contributed by atoms with van der Waals surface area (Å²) in [6, 6.07) is 5.17. The van der Waals surface area contributed by atoms with Crippen LogP contribution in [0.4, 0.5) is 5.69 Å². The molecule has 0 unspecified atom stereocenters. The minimum atomic E-state index is -0.237. The third-order valence-electron chi connectivity index (χ3n) is 1.75. The Morgan fingerprint density at radius 1 is 1.40 bits per heavy atom. The molecule has 0 aromatic heterocycles. The molecule has 0 atom stereocenters. The first kappa shape index (κ1) is 12.0. The van der Waals surface area contributed by atoms with Gasteiger partial charge in [-0.2, -0.15) is 0 Å². The zero-order chi connectivity index (χ0) is 11.6. The van der Waals surface area contributed by atoms with Crippen LogP contribution in [0.5, 0.6) is 0 Å². The Morgan fingerprint density at radius 2 is 2.00 bits per heavy atom. The highest BCUT2D eigenvalue weighted by atomic mass is 79.9. The molecule has 0 heterocycles. The molecule has 0 aliphatic heterocycles. The highest BCUT2D eigenvalue weighted by Crippen LogP contribution is 2.20. The lowest BCUT2D eigenvalue weighted by Gasteiger charge is -2.20. The Labute approximate surface area is 98.2 Å². The fourth-order valence-electron chi connectivity index (χ4n) is 1.10. The molecular weight excluding hydrogens is 256 g/mol. The van der Waals surface area contributed by atoms with Crippen molar-refractivity contribution in [1.29, 1.82) is 0 Å². The number of benzene rings is 1. The molecule has 0 aliphatic carbocycles. The summed E-state index contributed by atoms with van der Waals surface area (Å²) in [5, 5.41) is 2.87. The molecule has 0 bridgehead atoms. The number of carbonyl (C=O) groups excluding carboxylic acids is 1. The van der Waals surface area contributed by atoms with Gasteiger partial charge in [0, 0.05) is 21.3 Å². The molecule has 1 rings (SSSR count). The molecule has 0 radical (unpaired) electrons. The van der Waals surface area contributed by atoms with Crippen LogP contribution >= 0.6 is 15.9 Å². The normalized spacial score (nSPS) is 11.2. The van der Waals surface area contributed by atoms with Gasteiger partial charge < -0.3 is 11.1 Å². The average molecular weight is 271 g/mol. The largest absolute Gasteiger partial charge is 0.398 e. The van der Waals surface area contributed by atoms with E-state index in [1.54, 1.807) is 18.2 Å². The van der Waals surface area contributed by atoms with Gasteiger partial charge in [-0.25, -0.2) is 0 Å². The van der Waals surface area contributed by atoms with Gasteiger partial charge in [0.05, 0.1) is 0 Å². The molecule has 0 spiro atoms. The van der Waals surface area contributed by atoms with Gasteiger partial charge in [-0.15, -0.1) is 0 Å². The van der Waals surface area contributed by atoms with E-state index < -0.39 is 0 Å². The topological polar surface area (TPSA) is 55.1 Å². The summed E-state index contributed by atoms with van der Waals surface area (Å²) in [6.45, 7) is 5.81. The van der Waals surface area contributed by atoms with Crippen LogP contribution in [0, 0.1) is 0 Å². The van der Waals surface area contributed by atoms with E-state index in [1.807, 2.05) is 20.8 Å². The van der Waals surface area contributed by atoms with Crippen molar-refractivity contribution in [2.24, 2.45) is 0 Å². The molecule has 82 valence electrons. The molecule has 1 aromatic carbocycles. The Bertz CT molecular complexity index is 383. The molecule has 1 aromatic rings. The first-order chi connectivity index (χ1) is 6.79. The summed E-state index contributed by atoms with van der Waals surface area (Å²) < 4.78 is 0.801. The molecule has 0 aliphatic rings. The predicted octanol–water partition coefficient (Wildman–Crippen LogP) is 2.56. The van der Waals surface area contributed by atoms with Crippen LogP contribution in [-0.4, -0.2) is 11.4 Å². The lowest BCUT2D eigenvalue weighted by molar-refractivity contribution is 0.0919. The number of halogens is 1. The minimum absolute atomic E-state index is 0.110. The molecule has 4 heteroatoms. The van der Waals surface area contributed by atoms with Crippen molar-refractivity contribution in [3.63, 3.8) is 0 Å². The minimum Gasteiger partial charge on any atom is -0.398 e. The molecule has 15 heavy (non-hydrogen) atoms. The molecule has 3 nitrogen and oxygen atoms in total. The number of hydrogen-bond donors (Lipinski definition) is 2. The Balaban J connectivity index is 2.88. The van der Waals surface area contributed by atoms with Crippen molar-refractivity contribution in [2.45, 2.75) is 26.3 Å². The maximum atomic E-state index is 11.7. The molecule has 0 saturated heterocycles. The zero-order valence-corrected chi connectivity index (χ0v) is 10.7. The van der Waals surface area contributed by atoms with Crippen LogP contribution in [0.15, 0.2) is 22.7 Å². The number of nitrogen functional groups attached to an aromatic ring is 1. The Hall–Kier alpha value is -1.03. The number of anilines is 1. The van der Waals surface area contributed by atoms with E-state index >= 15 is 0 Å². The van der Waals surface area contributed by atoms with Gasteiger partial charge >= 0.3 is 0 Å². The van der Waals surface area contributed by atoms with Crippen LogP contribution in [-0.2, 0) is 0 Å². The van der Waals surface area contributed by atoms with Crippen LogP contribution in [0.3, 0.4) is 0 Å². The maximum absolute atomic E-state index is 11.7. The van der Waals surface area contributed by atoms with E-state index in [4.69, 9.17) is 5.73 Å². The summed E-state index contributed by atoms with van der Waals surface area (Å²) in [6.07, 6.45) is 0. The zero-order valence-electron chi connectivity index (χ0n) is 9.10. The SMILES string of the molecule is CC(C)(C)NC(=O)c1ccc(Br)c(N)c1. The second-order valence-corrected chi connectivity index (χ2v) is 5.29. The van der Waals surface area contributed by atoms with Crippen LogP contribution in [0.2, 0.25) is 0 Å². The number of hydrogen-bond acceptors (Lipinski definition) is 2. The summed E-state index contributed by atoms with van der Waals surface area (Å²) in [4.78, 5) is 11.7. The number of nitrogens with one attached hydrogen (secondary N) is 1. The first-order valence-corrected chi connectivity index (χ1v) is 5.46. The number of amides is 1. The summed E-state index contributed by atoms with van der Waals surface area (Å²) in [5.74, 6) is -0.110. The standard InChI is InChI=1S/C11H15BrN2O/c1-11(2,3)14-10(15)7-4-5-8(12)9(13)6-7/h4-6H,13H2,1-3H3,(H,14,15). The van der Waals surface area contributed by atoms with Gasteiger partial charge in [-0.1, -0.05) is 0 Å². The summed E-state index contributed by atoms with van der Waals surface area (Å²) >= 11 is 3.28. The van der Waals surface area contributed by atoms with E-state index in [9.17, 15) is 4.79 Å². The van der Waals surface area contributed by atoms with Gasteiger partial charge in [0.15, 0.2) is 0 Å². The average Bonchev–Trinajstić information content (AvgIpc) is 2.06. The molecule has 3 N–H and O–H groups in total. The van der Waals surface area contributed by atoms with Crippen molar-refractivity contribution in [2.75, 3.05) is 5.73 Å². The van der Waals surface area contributed by atoms with E-state index in [-0.39, 0.29) is 11.4 Å². The molecule has 0 fully saturated rings. The highest BCUT2D eigenvalue weighted by molar-refractivity contribution is 9.10. The number of nitrogens with two attached hydrogens (primary N) is 1. The van der Waals surface area contributed by atoms with Gasteiger partial charge in [0.1, 0.15) is 0 Å². The number of carbonyl (C=O) groups is 1. The van der Waals surface area contributed by atoms with Crippen LogP contribution < -0.4 is 11.1 Å². The predicted molar refractivity (Wildman–Crippen MR) is 65.8 cm³/mol. The second kappa shape index (κ2) is 4.23. The van der Waals surface area contributed by atoms with E-state index in [2.05, 4.69) is 21.2 Å². The van der Waals surface area contributed by atoms with Gasteiger partial charge in [-0.3, -0.25) is 4.79 Å². The maximum Gasteiger partial charge on any atom is 0.251 e. The Morgan fingerprint density at radius 3 is 2.47 bits per heavy atom. The quantitative estimate of drug-likeness (QED) is 0.771. The molecule has 0 saturated carbocycles. The van der Waals surface area contributed by atoms with Crippen molar-refractivity contribution in [1.82, 2.24) is 5.32 Å². The van der Waals surface area contributed by atoms with Crippen LogP contribution in [0.1, 0.15) is 31.1 Å². The fraction of sp³-hybridized carbons (Fsp3) is 0.364. The van der Waals surface area contributed by atoms with E-state index in [0.29, 0.717) is 11.3 Å². The van der Waals surface area contributed by atoms with Gasteiger partial charge in [-0.05, 0) is 54.9 Å². The van der Waals surface area contributed by atoms with Gasteiger partial charge in [0.2, 0.25) is 0 Å². The first-order valence-electron chi connectivity index (χ1n) is 4.67. The summed E-state index contributed by atoms with van der Waals surface area (Å²) in [5.41, 5.74) is 6.60. The Kier molecular flexibility index (Phi) is 3.39. The van der Waals surface area contributed by atoms with E-state index in [1.165, 1.54) is 0 Å². The van der Waals surface area contributed by atoms with Gasteiger partial charge in [0.25, 0.3) is 5.91 Å². The highest BCUT2D eigenvalue weighted by Gasteiger charge is 2.15. The lowest BCUT2D eigenvalue weighted by Crippen LogP contribution is -2.40. The van der Waals surface area contributed by atoms with Crippen LogP contribution in [0.25, 0.3) is 0 Å². The molecular formula is C11H15BrN2O. The van der Waals surface area contributed by atoms with Crippen molar-refractivity contribution < 1.29 is 4.79 Å². The fourth-order valence-corrected chi connectivity index (χ4v) is 1.34. The third kappa shape index (κ3) is 3.55. The lowest BCUT2D eigenvalue weighted by atomic mass is 10.1. The van der Waals surface area contributed by atoms with Crippen molar-refractivity contribution in [3.05, 3.63) is 28.2 Å². The second-order valence-electron chi connectivity index (χ2n) is 4.44. The molecule has 1 amide bonds. The monoisotopic (exact) mass is 270 g/mol. The summed E-state index contributed by atoms with van der Waals surface area (Å²) in [7, 11) is 0. The van der Waals surface area contributed by atoms with Crippen molar-refractivity contribution in [3.8, 4) is 0 Å². The smallest absolute Gasteiger partial charge is 0.251 e. The number of rotatable bonds is 1.